The smallest absolute Gasteiger partial charge is 0.124 e. The summed E-state index contributed by atoms with van der Waals surface area (Å²) >= 11 is 3.45. The van der Waals surface area contributed by atoms with Crippen LogP contribution in [0.25, 0.3) is 10.8 Å². The number of aromatic hydroxyl groups is 1. The topological polar surface area (TPSA) is 53.9 Å². The maximum atomic E-state index is 10.2. The van der Waals surface area contributed by atoms with Crippen molar-refractivity contribution in [1.82, 2.24) is 5.43 Å². The second kappa shape index (κ2) is 6.41. The molecule has 25 heavy (non-hydrogen) atoms. The molecule has 0 radical (unpaired) electrons. The molecule has 1 unspecified atom stereocenters. The molecule has 1 aliphatic heterocycles. The van der Waals surface area contributed by atoms with Crippen molar-refractivity contribution in [3.8, 4) is 11.5 Å². The second-order valence-corrected chi connectivity index (χ2v) is 6.92. The van der Waals surface area contributed by atoms with Gasteiger partial charge in [0, 0.05) is 22.0 Å². The summed E-state index contributed by atoms with van der Waals surface area (Å²) < 4.78 is 6.51. The highest BCUT2D eigenvalue weighted by molar-refractivity contribution is 9.10. The highest BCUT2D eigenvalue weighted by Gasteiger charge is 2.27. The Morgan fingerprint density at radius 1 is 1.16 bits per heavy atom. The summed E-state index contributed by atoms with van der Waals surface area (Å²) in [4.78, 5) is 0. The van der Waals surface area contributed by atoms with Crippen molar-refractivity contribution in [3.63, 3.8) is 0 Å². The molecule has 126 valence electrons. The van der Waals surface area contributed by atoms with E-state index in [1.54, 1.807) is 13.2 Å². The van der Waals surface area contributed by atoms with Crippen LogP contribution in [-0.4, -0.2) is 17.9 Å². The Morgan fingerprint density at radius 2 is 2.00 bits per heavy atom. The number of nitrogens with zero attached hydrogens (tertiary/aromatic N) is 1. The lowest BCUT2D eigenvalue weighted by molar-refractivity contribution is 0.404. The number of halogens is 1. The minimum absolute atomic E-state index is 0.00516. The van der Waals surface area contributed by atoms with Crippen molar-refractivity contribution < 1.29 is 9.84 Å². The van der Waals surface area contributed by atoms with Crippen LogP contribution in [0, 0.1) is 0 Å². The first-order valence-corrected chi connectivity index (χ1v) is 8.83. The first-order valence-electron chi connectivity index (χ1n) is 8.04. The number of methoxy groups -OCH3 is 1. The minimum atomic E-state index is -0.00516. The fraction of sp³-hybridized carbons (Fsp3) is 0.150. The highest BCUT2D eigenvalue weighted by Crippen LogP contribution is 2.38. The maximum Gasteiger partial charge on any atom is 0.124 e. The fourth-order valence-corrected chi connectivity index (χ4v) is 3.69. The van der Waals surface area contributed by atoms with E-state index in [0.717, 1.165) is 32.4 Å². The van der Waals surface area contributed by atoms with Gasteiger partial charge >= 0.3 is 0 Å². The summed E-state index contributed by atoms with van der Waals surface area (Å²) in [6.07, 6.45) is 0.675. The van der Waals surface area contributed by atoms with Crippen LogP contribution in [0.15, 0.2) is 64.2 Å². The van der Waals surface area contributed by atoms with Crippen molar-refractivity contribution in [2.24, 2.45) is 5.10 Å². The third-order valence-corrected chi connectivity index (χ3v) is 5.01. The summed E-state index contributed by atoms with van der Waals surface area (Å²) in [7, 11) is 1.68. The number of hydrogen-bond donors (Lipinski definition) is 2. The van der Waals surface area contributed by atoms with Gasteiger partial charge in [0.25, 0.3) is 0 Å². The van der Waals surface area contributed by atoms with Crippen LogP contribution in [0.3, 0.4) is 0 Å². The number of ether oxygens (including phenoxy) is 1. The SMILES string of the molecule is COc1ccc2ccccc2c1C1CC(c2cc(Br)ccc2O)=NN1. The van der Waals surface area contributed by atoms with E-state index in [0.29, 0.717) is 6.42 Å². The van der Waals surface area contributed by atoms with Crippen LogP contribution in [0.4, 0.5) is 0 Å². The third-order valence-electron chi connectivity index (χ3n) is 4.52. The first kappa shape index (κ1) is 16.0. The van der Waals surface area contributed by atoms with Gasteiger partial charge < -0.3 is 15.3 Å². The fourth-order valence-electron chi connectivity index (χ4n) is 3.33. The predicted octanol–water partition coefficient (Wildman–Crippen LogP) is 4.76. The Morgan fingerprint density at radius 3 is 2.84 bits per heavy atom. The maximum absolute atomic E-state index is 10.2. The Bertz CT molecular complexity index is 985. The summed E-state index contributed by atoms with van der Waals surface area (Å²) in [5, 5.41) is 17.0. The van der Waals surface area contributed by atoms with Crippen LogP contribution in [0.2, 0.25) is 0 Å². The van der Waals surface area contributed by atoms with E-state index in [1.165, 1.54) is 5.39 Å². The molecule has 0 amide bonds. The molecule has 3 aromatic rings. The first-order chi connectivity index (χ1) is 12.2. The molecule has 1 aliphatic rings. The van der Waals surface area contributed by atoms with E-state index >= 15 is 0 Å². The van der Waals surface area contributed by atoms with E-state index < -0.39 is 0 Å². The van der Waals surface area contributed by atoms with Gasteiger partial charge in [0.1, 0.15) is 11.5 Å². The Labute approximate surface area is 154 Å². The second-order valence-electron chi connectivity index (χ2n) is 6.01. The Kier molecular flexibility index (Phi) is 4.09. The van der Waals surface area contributed by atoms with Gasteiger partial charge in [0.15, 0.2) is 0 Å². The quantitative estimate of drug-likeness (QED) is 0.671. The molecular formula is C20H17BrN2O2. The molecule has 2 N–H and O–H groups in total. The van der Waals surface area contributed by atoms with Crippen LogP contribution in [0.5, 0.6) is 11.5 Å². The molecule has 4 rings (SSSR count). The van der Waals surface area contributed by atoms with Crippen LogP contribution in [0.1, 0.15) is 23.6 Å². The molecule has 0 aliphatic carbocycles. The summed E-state index contributed by atoms with van der Waals surface area (Å²) in [6, 6.07) is 17.7. The molecule has 4 nitrogen and oxygen atoms in total. The minimum Gasteiger partial charge on any atom is -0.507 e. The number of nitrogens with one attached hydrogen (secondary N) is 1. The van der Waals surface area contributed by atoms with Crippen molar-refractivity contribution in [3.05, 3.63) is 70.2 Å². The van der Waals surface area contributed by atoms with E-state index in [1.807, 2.05) is 30.3 Å². The summed E-state index contributed by atoms with van der Waals surface area (Å²) in [5.74, 6) is 1.07. The van der Waals surface area contributed by atoms with Gasteiger partial charge in [-0.1, -0.05) is 46.3 Å². The molecule has 0 spiro atoms. The third kappa shape index (κ3) is 2.85. The highest BCUT2D eigenvalue weighted by atomic mass is 79.9. The monoisotopic (exact) mass is 396 g/mol. The lowest BCUT2D eigenvalue weighted by Crippen LogP contribution is -2.12. The average molecular weight is 397 g/mol. The van der Waals surface area contributed by atoms with Gasteiger partial charge in [0.2, 0.25) is 0 Å². The lowest BCUT2D eigenvalue weighted by atomic mass is 9.93. The Hall–Kier alpha value is -2.53. The zero-order valence-electron chi connectivity index (χ0n) is 13.7. The van der Waals surface area contributed by atoms with Gasteiger partial charge in [-0.25, -0.2) is 0 Å². The number of phenols is 1. The van der Waals surface area contributed by atoms with Crippen molar-refractivity contribution in [2.75, 3.05) is 7.11 Å². The van der Waals surface area contributed by atoms with E-state index in [4.69, 9.17) is 4.74 Å². The molecule has 3 aromatic carbocycles. The van der Waals surface area contributed by atoms with Gasteiger partial charge in [-0.3, -0.25) is 0 Å². The van der Waals surface area contributed by atoms with Gasteiger partial charge in [-0.2, -0.15) is 5.10 Å². The molecule has 0 aromatic heterocycles. The molecule has 0 saturated heterocycles. The molecule has 0 saturated carbocycles. The number of fused-ring (bicyclic) bond motifs is 1. The molecule has 1 heterocycles. The van der Waals surface area contributed by atoms with Crippen molar-refractivity contribution >= 4 is 32.4 Å². The zero-order chi connectivity index (χ0) is 17.4. The lowest BCUT2D eigenvalue weighted by Gasteiger charge is -2.17. The largest absolute Gasteiger partial charge is 0.507 e. The van der Waals surface area contributed by atoms with Crippen molar-refractivity contribution in [2.45, 2.75) is 12.5 Å². The summed E-state index contributed by atoms with van der Waals surface area (Å²) in [6.45, 7) is 0. The van der Waals surface area contributed by atoms with E-state index in [-0.39, 0.29) is 11.8 Å². The number of phenolic OH excluding ortho intramolecular Hbond substituents is 1. The molecule has 1 atom stereocenters. The molecule has 0 fully saturated rings. The van der Waals surface area contributed by atoms with Gasteiger partial charge in [-0.15, -0.1) is 0 Å². The standard InChI is InChI=1S/C20H17BrN2O2/c1-25-19-9-6-12-4-2-3-5-14(12)20(19)17-11-16(22-23-17)15-10-13(21)7-8-18(15)24/h2-10,17,23-24H,11H2,1H3. The predicted molar refractivity (Wildman–Crippen MR) is 103 cm³/mol. The molecular weight excluding hydrogens is 380 g/mol. The van der Waals surface area contributed by atoms with Crippen molar-refractivity contribution in [1.29, 1.82) is 0 Å². The average Bonchev–Trinajstić information content (AvgIpc) is 3.12. The van der Waals surface area contributed by atoms with Crippen LogP contribution in [-0.2, 0) is 0 Å². The van der Waals surface area contributed by atoms with Crippen LogP contribution >= 0.6 is 15.9 Å². The van der Waals surface area contributed by atoms with Crippen LogP contribution < -0.4 is 10.2 Å². The van der Waals surface area contributed by atoms with E-state index in [9.17, 15) is 5.11 Å². The normalized spacial score (nSPS) is 16.6. The Balaban J connectivity index is 1.74. The number of hydrazone groups is 1. The molecule has 0 bridgehead atoms. The molecule has 5 heteroatoms. The van der Waals surface area contributed by atoms with Gasteiger partial charge in [0.05, 0.1) is 18.9 Å². The van der Waals surface area contributed by atoms with E-state index in [2.05, 4.69) is 44.7 Å². The number of benzene rings is 3. The van der Waals surface area contributed by atoms with Gasteiger partial charge in [-0.05, 0) is 35.0 Å². The summed E-state index contributed by atoms with van der Waals surface area (Å²) in [5.41, 5.74) is 5.88. The zero-order valence-corrected chi connectivity index (χ0v) is 15.2. The number of hydrogen-bond acceptors (Lipinski definition) is 4. The number of rotatable bonds is 3.